The summed E-state index contributed by atoms with van der Waals surface area (Å²) in [5.41, 5.74) is 2.32. The fraction of sp³-hybridized carbons (Fsp3) is 0.188. The molecule has 0 saturated heterocycles. The number of carbonyl (C=O) groups excluding carboxylic acids is 1. The second-order valence-corrected chi connectivity index (χ2v) is 6.03. The molecule has 2 aromatic carbocycles. The van der Waals surface area contributed by atoms with E-state index in [1.165, 1.54) is 0 Å². The molecule has 0 aliphatic carbocycles. The number of nitrogens with one attached hydrogen (secondary N) is 1. The highest BCUT2D eigenvalue weighted by molar-refractivity contribution is 7.37. The topological polar surface area (TPSA) is 75.6 Å². The first-order valence-electron chi connectivity index (χ1n) is 6.92. The Bertz CT molecular complexity index is 646. The molecule has 0 bridgehead atoms. The van der Waals surface area contributed by atoms with E-state index in [2.05, 4.69) is 5.32 Å². The highest BCUT2D eigenvalue weighted by Crippen LogP contribution is 2.21. The first kappa shape index (κ1) is 16.3. The van der Waals surface area contributed by atoms with E-state index in [4.69, 9.17) is 9.63 Å². The second kappa shape index (κ2) is 8.37. The minimum atomic E-state index is -2.52. The maximum Gasteiger partial charge on any atom is 0.411 e. The molecule has 5 nitrogen and oxygen atoms in total. The number of rotatable bonds is 6. The number of ether oxygens (including phenoxy) is 1. The summed E-state index contributed by atoms with van der Waals surface area (Å²) in [5, 5.41) is 2.67. The summed E-state index contributed by atoms with van der Waals surface area (Å²) < 4.78 is 16.0. The number of anilines is 1. The SMILES string of the molecule is O=C(Nc1ccccc1CC[PH](=O)O)OCc1ccccc1. The Labute approximate surface area is 129 Å². The molecule has 22 heavy (non-hydrogen) atoms. The van der Waals surface area contributed by atoms with E-state index in [1.807, 2.05) is 42.5 Å². The Morgan fingerprint density at radius 3 is 2.50 bits per heavy atom. The average Bonchev–Trinajstić information content (AvgIpc) is 2.53. The van der Waals surface area contributed by atoms with Gasteiger partial charge in [0.25, 0.3) is 0 Å². The van der Waals surface area contributed by atoms with Gasteiger partial charge >= 0.3 is 6.09 Å². The molecule has 0 aliphatic heterocycles. The predicted octanol–water partition coefficient (Wildman–Crippen LogP) is 3.44. The van der Waals surface area contributed by atoms with Gasteiger partial charge in [0.1, 0.15) is 6.61 Å². The minimum absolute atomic E-state index is 0.194. The van der Waals surface area contributed by atoms with Crippen LogP contribution in [-0.2, 0) is 22.3 Å². The zero-order valence-electron chi connectivity index (χ0n) is 12.0. The zero-order chi connectivity index (χ0) is 15.8. The molecular formula is C16H18NO4P. The van der Waals surface area contributed by atoms with Crippen LogP contribution in [0.25, 0.3) is 0 Å². The largest absolute Gasteiger partial charge is 0.444 e. The maximum absolute atomic E-state index is 11.8. The van der Waals surface area contributed by atoms with E-state index in [-0.39, 0.29) is 12.8 Å². The lowest BCUT2D eigenvalue weighted by Gasteiger charge is -2.11. The number of hydrogen-bond donors (Lipinski definition) is 2. The minimum Gasteiger partial charge on any atom is -0.444 e. The van der Waals surface area contributed by atoms with Crippen LogP contribution in [0.15, 0.2) is 54.6 Å². The van der Waals surface area contributed by atoms with E-state index in [1.54, 1.807) is 12.1 Å². The number of aryl methyl sites for hydroxylation is 1. The number of benzene rings is 2. The average molecular weight is 319 g/mol. The molecule has 0 aromatic heterocycles. The van der Waals surface area contributed by atoms with Crippen LogP contribution < -0.4 is 5.32 Å². The third-order valence-electron chi connectivity index (χ3n) is 3.08. The summed E-state index contributed by atoms with van der Waals surface area (Å²) >= 11 is 0. The molecular weight excluding hydrogens is 301 g/mol. The molecule has 2 rings (SSSR count). The highest BCUT2D eigenvalue weighted by Gasteiger charge is 2.08. The summed E-state index contributed by atoms with van der Waals surface area (Å²) in [6.07, 6.45) is 0.0826. The van der Waals surface area contributed by atoms with Crippen LogP contribution in [0.3, 0.4) is 0 Å². The van der Waals surface area contributed by atoms with Gasteiger partial charge in [-0.15, -0.1) is 0 Å². The van der Waals surface area contributed by atoms with Crippen molar-refractivity contribution in [2.45, 2.75) is 13.0 Å². The lowest BCUT2D eigenvalue weighted by molar-refractivity contribution is 0.155. The smallest absolute Gasteiger partial charge is 0.411 e. The molecule has 0 radical (unpaired) electrons. The third kappa shape index (κ3) is 5.35. The first-order chi connectivity index (χ1) is 10.6. The molecule has 0 fully saturated rings. The predicted molar refractivity (Wildman–Crippen MR) is 86.5 cm³/mol. The van der Waals surface area contributed by atoms with Gasteiger partial charge in [-0.25, -0.2) is 4.79 Å². The van der Waals surface area contributed by atoms with E-state index >= 15 is 0 Å². The molecule has 2 N–H and O–H groups in total. The van der Waals surface area contributed by atoms with Crippen molar-refractivity contribution in [2.24, 2.45) is 0 Å². The first-order valence-corrected chi connectivity index (χ1v) is 8.49. The lowest BCUT2D eigenvalue weighted by Crippen LogP contribution is -2.15. The summed E-state index contributed by atoms with van der Waals surface area (Å²) in [7, 11) is -2.52. The van der Waals surface area contributed by atoms with Crippen molar-refractivity contribution in [3.63, 3.8) is 0 Å². The molecule has 0 saturated carbocycles. The molecule has 2 aromatic rings. The van der Waals surface area contributed by atoms with Gasteiger partial charge in [-0.3, -0.25) is 9.88 Å². The number of hydrogen-bond acceptors (Lipinski definition) is 3. The van der Waals surface area contributed by atoms with Crippen LogP contribution in [0.4, 0.5) is 10.5 Å². The number of amides is 1. The molecule has 1 unspecified atom stereocenters. The van der Waals surface area contributed by atoms with Gasteiger partial charge in [0.2, 0.25) is 0 Å². The normalized spacial score (nSPS) is 11.7. The quantitative estimate of drug-likeness (QED) is 0.800. The van der Waals surface area contributed by atoms with Gasteiger partial charge in [-0.05, 0) is 23.6 Å². The molecule has 6 heteroatoms. The fourth-order valence-corrected chi connectivity index (χ4v) is 2.45. The van der Waals surface area contributed by atoms with Crippen LogP contribution in [0, 0.1) is 0 Å². The Morgan fingerprint density at radius 1 is 1.09 bits per heavy atom. The summed E-state index contributed by atoms with van der Waals surface area (Å²) in [6.45, 7) is 0.194. The van der Waals surface area contributed by atoms with Crippen molar-refractivity contribution in [2.75, 3.05) is 11.5 Å². The highest BCUT2D eigenvalue weighted by atomic mass is 31.1. The Balaban J connectivity index is 1.92. The van der Waals surface area contributed by atoms with Crippen LogP contribution in [0.5, 0.6) is 0 Å². The Kier molecular flexibility index (Phi) is 6.19. The molecule has 0 spiro atoms. The van der Waals surface area contributed by atoms with E-state index in [0.717, 1.165) is 11.1 Å². The lowest BCUT2D eigenvalue weighted by atomic mass is 10.1. The van der Waals surface area contributed by atoms with Crippen molar-refractivity contribution >= 4 is 19.8 Å². The van der Waals surface area contributed by atoms with Gasteiger partial charge in [-0.2, -0.15) is 0 Å². The van der Waals surface area contributed by atoms with Crippen molar-refractivity contribution in [1.29, 1.82) is 0 Å². The van der Waals surface area contributed by atoms with Crippen LogP contribution in [0.1, 0.15) is 11.1 Å². The van der Waals surface area contributed by atoms with Gasteiger partial charge in [0.05, 0.1) is 0 Å². The maximum atomic E-state index is 11.8. The standard InChI is InChI=1S/C16H18NO4P/c18-16(21-12-13-6-2-1-3-7-13)17-15-9-5-4-8-14(15)10-11-22(19)20/h1-9,22H,10-12H2,(H,17,18)(H,19,20). The van der Waals surface area contributed by atoms with Gasteiger partial charge in [0.15, 0.2) is 8.03 Å². The molecule has 116 valence electrons. The zero-order valence-corrected chi connectivity index (χ0v) is 13.0. The Hall–Kier alpha value is -2.10. The van der Waals surface area contributed by atoms with E-state index in [9.17, 15) is 9.36 Å². The van der Waals surface area contributed by atoms with E-state index < -0.39 is 14.1 Å². The van der Waals surface area contributed by atoms with Crippen LogP contribution >= 0.6 is 8.03 Å². The van der Waals surface area contributed by atoms with Gasteiger partial charge in [0, 0.05) is 11.8 Å². The number of carbonyl (C=O) groups is 1. The number of para-hydroxylation sites is 1. The van der Waals surface area contributed by atoms with Crippen molar-refractivity contribution in [3.05, 3.63) is 65.7 Å². The van der Waals surface area contributed by atoms with Gasteiger partial charge < -0.3 is 9.63 Å². The molecule has 1 atom stereocenters. The van der Waals surface area contributed by atoms with Crippen LogP contribution in [0.2, 0.25) is 0 Å². The summed E-state index contributed by atoms with van der Waals surface area (Å²) in [4.78, 5) is 20.8. The Morgan fingerprint density at radius 2 is 1.77 bits per heavy atom. The molecule has 0 heterocycles. The fourth-order valence-electron chi connectivity index (χ4n) is 1.97. The third-order valence-corrected chi connectivity index (χ3v) is 3.75. The monoisotopic (exact) mass is 319 g/mol. The second-order valence-electron chi connectivity index (χ2n) is 4.74. The van der Waals surface area contributed by atoms with Crippen molar-refractivity contribution < 1.29 is 19.0 Å². The summed E-state index contributed by atoms with van der Waals surface area (Å²) in [6, 6.07) is 16.6. The van der Waals surface area contributed by atoms with E-state index in [0.29, 0.717) is 12.1 Å². The van der Waals surface area contributed by atoms with Crippen molar-refractivity contribution in [3.8, 4) is 0 Å². The summed E-state index contributed by atoms with van der Waals surface area (Å²) in [5.74, 6) is 0. The van der Waals surface area contributed by atoms with Crippen LogP contribution in [-0.4, -0.2) is 17.1 Å². The molecule has 1 amide bonds. The molecule has 0 aliphatic rings. The van der Waals surface area contributed by atoms with Gasteiger partial charge in [-0.1, -0.05) is 48.5 Å². The van der Waals surface area contributed by atoms with Crippen molar-refractivity contribution in [1.82, 2.24) is 0 Å².